The summed E-state index contributed by atoms with van der Waals surface area (Å²) >= 11 is 0. The first-order valence-corrected chi connectivity index (χ1v) is 5.71. The minimum atomic E-state index is 0.201. The molecule has 0 spiro atoms. The minimum absolute atomic E-state index is 0.201. The van der Waals surface area contributed by atoms with Crippen molar-refractivity contribution < 1.29 is 0 Å². The second-order valence-corrected chi connectivity index (χ2v) is 4.97. The maximum Gasteiger partial charge on any atom is 0.0373 e. The van der Waals surface area contributed by atoms with Gasteiger partial charge in [0.25, 0.3) is 0 Å². The molecule has 2 nitrogen and oxygen atoms in total. The quantitative estimate of drug-likeness (QED) is 0.792. The molecule has 0 atom stereocenters. The number of rotatable bonds is 3. The van der Waals surface area contributed by atoms with Crippen molar-refractivity contribution in [3.8, 4) is 0 Å². The average molecular weight is 204 g/mol. The van der Waals surface area contributed by atoms with Gasteiger partial charge >= 0.3 is 0 Å². The lowest BCUT2D eigenvalue weighted by molar-refractivity contribution is 0.487. The Bertz CT molecular complexity index is 356. The first-order chi connectivity index (χ1) is 7.13. The predicted molar refractivity (Wildman–Crippen MR) is 65.3 cm³/mol. The third-order valence-corrected chi connectivity index (χ3v) is 3.37. The van der Waals surface area contributed by atoms with Crippen molar-refractivity contribution in [3.05, 3.63) is 29.3 Å². The van der Waals surface area contributed by atoms with Gasteiger partial charge in [-0.05, 0) is 42.0 Å². The van der Waals surface area contributed by atoms with E-state index in [4.69, 9.17) is 5.73 Å². The number of hydrogen-bond donors (Lipinski definition) is 2. The molecule has 0 fully saturated rings. The molecule has 1 aromatic carbocycles. The Balaban J connectivity index is 2.29. The van der Waals surface area contributed by atoms with Crippen molar-refractivity contribution in [1.82, 2.24) is 0 Å². The fourth-order valence-corrected chi connectivity index (χ4v) is 2.23. The van der Waals surface area contributed by atoms with E-state index in [0.29, 0.717) is 0 Å². The van der Waals surface area contributed by atoms with Gasteiger partial charge in [0.1, 0.15) is 0 Å². The van der Waals surface area contributed by atoms with E-state index in [2.05, 4.69) is 37.4 Å². The summed E-state index contributed by atoms with van der Waals surface area (Å²) in [5, 5.41) is 3.39. The molecule has 0 saturated heterocycles. The molecule has 3 N–H and O–H groups in total. The Hall–Kier alpha value is -1.02. The third kappa shape index (κ3) is 2.00. The van der Waals surface area contributed by atoms with Crippen LogP contribution in [-0.4, -0.2) is 13.1 Å². The average Bonchev–Trinajstić information content (AvgIpc) is 2.63. The summed E-state index contributed by atoms with van der Waals surface area (Å²) < 4.78 is 0. The Morgan fingerprint density at radius 3 is 2.93 bits per heavy atom. The fraction of sp³-hybridized carbons (Fsp3) is 0.538. The van der Waals surface area contributed by atoms with Crippen molar-refractivity contribution in [3.63, 3.8) is 0 Å². The smallest absolute Gasteiger partial charge is 0.0373 e. The van der Waals surface area contributed by atoms with Gasteiger partial charge in [0, 0.05) is 12.2 Å². The van der Waals surface area contributed by atoms with Crippen LogP contribution in [0.25, 0.3) is 0 Å². The van der Waals surface area contributed by atoms with Crippen molar-refractivity contribution in [2.24, 2.45) is 5.73 Å². The third-order valence-electron chi connectivity index (χ3n) is 3.37. The molecule has 82 valence electrons. The van der Waals surface area contributed by atoms with Gasteiger partial charge in [0.15, 0.2) is 0 Å². The molecule has 2 rings (SSSR count). The molecule has 0 bridgehead atoms. The van der Waals surface area contributed by atoms with Gasteiger partial charge in [-0.2, -0.15) is 0 Å². The zero-order chi connectivity index (χ0) is 10.9. The van der Waals surface area contributed by atoms with Crippen LogP contribution in [0.4, 0.5) is 5.69 Å². The van der Waals surface area contributed by atoms with E-state index in [1.165, 1.54) is 16.8 Å². The van der Waals surface area contributed by atoms with Gasteiger partial charge in [0.05, 0.1) is 0 Å². The van der Waals surface area contributed by atoms with Crippen molar-refractivity contribution in [1.29, 1.82) is 0 Å². The van der Waals surface area contributed by atoms with Crippen molar-refractivity contribution in [2.45, 2.75) is 32.1 Å². The Labute approximate surface area is 91.9 Å². The molecule has 0 saturated carbocycles. The molecular weight excluding hydrogens is 184 g/mol. The maximum absolute atomic E-state index is 5.65. The van der Waals surface area contributed by atoms with Crippen molar-refractivity contribution in [2.75, 3.05) is 18.4 Å². The SMILES string of the molecule is CC(C)(CCN)c1ccc2c(c1)CCN2. The van der Waals surface area contributed by atoms with Crippen molar-refractivity contribution >= 4 is 5.69 Å². The molecule has 0 unspecified atom stereocenters. The molecular formula is C13H20N2. The van der Waals surface area contributed by atoms with Gasteiger partial charge in [-0.1, -0.05) is 26.0 Å². The van der Waals surface area contributed by atoms with Crippen LogP contribution in [-0.2, 0) is 11.8 Å². The standard InChI is InChI=1S/C13H20N2/c1-13(2,6-7-14)11-3-4-12-10(9-11)5-8-15-12/h3-4,9,15H,5-8,14H2,1-2H3. The van der Waals surface area contributed by atoms with E-state index in [1.54, 1.807) is 0 Å². The summed E-state index contributed by atoms with van der Waals surface area (Å²) in [6, 6.07) is 6.77. The van der Waals surface area contributed by atoms with Crippen LogP contribution in [0.5, 0.6) is 0 Å². The van der Waals surface area contributed by atoms with E-state index in [1.807, 2.05) is 0 Å². The van der Waals surface area contributed by atoms with E-state index in [0.717, 1.165) is 25.9 Å². The summed E-state index contributed by atoms with van der Waals surface area (Å²) in [6.07, 6.45) is 2.20. The van der Waals surface area contributed by atoms with E-state index in [9.17, 15) is 0 Å². The number of hydrogen-bond acceptors (Lipinski definition) is 2. The Morgan fingerprint density at radius 1 is 1.40 bits per heavy atom. The van der Waals surface area contributed by atoms with E-state index in [-0.39, 0.29) is 5.41 Å². The van der Waals surface area contributed by atoms with Gasteiger partial charge in [0.2, 0.25) is 0 Å². The second-order valence-electron chi connectivity index (χ2n) is 4.97. The Kier molecular flexibility index (Phi) is 2.70. The zero-order valence-corrected chi connectivity index (χ0v) is 9.64. The topological polar surface area (TPSA) is 38.0 Å². The first-order valence-electron chi connectivity index (χ1n) is 5.71. The first kappa shape index (κ1) is 10.5. The highest BCUT2D eigenvalue weighted by Crippen LogP contribution is 2.31. The number of anilines is 1. The van der Waals surface area contributed by atoms with Crippen LogP contribution in [0.2, 0.25) is 0 Å². The van der Waals surface area contributed by atoms with Crippen LogP contribution in [0, 0.1) is 0 Å². The highest BCUT2D eigenvalue weighted by atomic mass is 14.9. The van der Waals surface area contributed by atoms with Crippen LogP contribution in [0.15, 0.2) is 18.2 Å². The fourth-order valence-electron chi connectivity index (χ4n) is 2.23. The maximum atomic E-state index is 5.65. The molecule has 1 aliphatic rings. The molecule has 1 heterocycles. The molecule has 1 aliphatic heterocycles. The lowest BCUT2D eigenvalue weighted by atomic mass is 9.81. The molecule has 0 amide bonds. The van der Waals surface area contributed by atoms with E-state index >= 15 is 0 Å². The zero-order valence-electron chi connectivity index (χ0n) is 9.64. The normalized spacial score (nSPS) is 14.9. The summed E-state index contributed by atoms with van der Waals surface area (Å²) in [7, 11) is 0. The number of benzene rings is 1. The van der Waals surface area contributed by atoms with Crippen LogP contribution in [0.1, 0.15) is 31.4 Å². The van der Waals surface area contributed by atoms with Gasteiger partial charge in [-0.3, -0.25) is 0 Å². The molecule has 0 radical (unpaired) electrons. The van der Waals surface area contributed by atoms with E-state index < -0.39 is 0 Å². The summed E-state index contributed by atoms with van der Waals surface area (Å²) in [5.74, 6) is 0. The van der Waals surface area contributed by atoms with Crippen LogP contribution >= 0.6 is 0 Å². The monoisotopic (exact) mass is 204 g/mol. The summed E-state index contributed by atoms with van der Waals surface area (Å²) in [5.41, 5.74) is 10.0. The highest BCUT2D eigenvalue weighted by Gasteiger charge is 2.21. The second kappa shape index (κ2) is 3.86. The molecule has 0 aliphatic carbocycles. The molecule has 0 aromatic heterocycles. The highest BCUT2D eigenvalue weighted by molar-refractivity contribution is 5.57. The molecule has 1 aromatic rings. The van der Waals surface area contributed by atoms with Gasteiger partial charge in [-0.15, -0.1) is 0 Å². The summed E-state index contributed by atoms with van der Waals surface area (Å²) in [6.45, 7) is 6.37. The van der Waals surface area contributed by atoms with Gasteiger partial charge in [-0.25, -0.2) is 0 Å². The number of nitrogens with two attached hydrogens (primary N) is 1. The van der Waals surface area contributed by atoms with Crippen LogP contribution in [0.3, 0.4) is 0 Å². The molecule has 15 heavy (non-hydrogen) atoms. The largest absolute Gasteiger partial charge is 0.384 e. The lowest BCUT2D eigenvalue weighted by Crippen LogP contribution is -2.21. The van der Waals surface area contributed by atoms with Crippen LogP contribution < -0.4 is 11.1 Å². The predicted octanol–water partition coefficient (Wildman–Crippen LogP) is 2.28. The molecule has 2 heteroatoms. The Morgan fingerprint density at radius 2 is 2.20 bits per heavy atom. The number of nitrogens with one attached hydrogen (secondary N) is 1. The number of fused-ring (bicyclic) bond motifs is 1. The minimum Gasteiger partial charge on any atom is -0.384 e. The summed E-state index contributed by atoms with van der Waals surface area (Å²) in [4.78, 5) is 0. The van der Waals surface area contributed by atoms with Gasteiger partial charge < -0.3 is 11.1 Å². The lowest BCUT2D eigenvalue weighted by Gasteiger charge is -2.25.